The van der Waals surface area contributed by atoms with Crippen LogP contribution in [0.1, 0.15) is 5.56 Å². The van der Waals surface area contributed by atoms with Crippen molar-refractivity contribution >= 4 is 83.1 Å². The zero-order chi connectivity index (χ0) is 33.1. The van der Waals surface area contributed by atoms with Gasteiger partial charge in [0.25, 0.3) is 10.0 Å². The minimum atomic E-state index is -4.22. The van der Waals surface area contributed by atoms with Crippen LogP contribution in [0, 0.1) is 6.92 Å². The Morgan fingerprint density at radius 3 is 2.02 bits per heavy atom. The standard InChI is InChI=1S/C36H27BrCl2N4O3S/c1-23-7-21-30(22-8-23)47(44,45)42-36(40-27-15-11-25(38)12-16-27)43(28-17-13-26(39)14-18-28)35-32-6-4-3-5-31(32)33(37)34(41-35)24-9-19-29(46-2)20-10-24/h3-22H,1-2H3,(H,40,42). The molecule has 1 heterocycles. The Balaban J connectivity index is 1.66. The molecular weight excluding hydrogens is 719 g/mol. The first-order valence-electron chi connectivity index (χ1n) is 14.4. The van der Waals surface area contributed by atoms with Crippen molar-refractivity contribution in [3.63, 3.8) is 0 Å². The van der Waals surface area contributed by atoms with Crippen LogP contribution >= 0.6 is 39.1 Å². The lowest BCUT2D eigenvalue weighted by Crippen LogP contribution is -2.34. The Morgan fingerprint density at radius 1 is 0.809 bits per heavy atom. The molecule has 0 saturated heterocycles. The molecular formula is C36H27BrCl2N4O3S. The molecule has 0 radical (unpaired) electrons. The summed E-state index contributed by atoms with van der Waals surface area (Å²) in [4.78, 5) is 6.91. The number of guanidine groups is 1. The topological polar surface area (TPSA) is 83.9 Å². The highest BCUT2D eigenvalue weighted by Gasteiger charge is 2.26. The number of anilines is 3. The minimum absolute atomic E-state index is 0.0177. The van der Waals surface area contributed by atoms with Gasteiger partial charge in [0, 0.05) is 32.1 Å². The molecule has 0 aliphatic carbocycles. The summed E-state index contributed by atoms with van der Waals surface area (Å²) in [6.45, 7) is 1.89. The Bertz CT molecular complexity index is 2190. The molecule has 1 N–H and O–H groups in total. The largest absolute Gasteiger partial charge is 0.497 e. The van der Waals surface area contributed by atoms with E-state index in [1.54, 1.807) is 72.7 Å². The predicted molar refractivity (Wildman–Crippen MR) is 196 cm³/mol. The molecule has 6 aromatic rings. The number of aryl methyl sites for hydroxylation is 1. The van der Waals surface area contributed by atoms with Crippen LogP contribution in [-0.4, -0.2) is 26.5 Å². The molecule has 0 amide bonds. The Hall–Kier alpha value is -4.41. The minimum Gasteiger partial charge on any atom is -0.497 e. The van der Waals surface area contributed by atoms with Gasteiger partial charge >= 0.3 is 0 Å². The number of hydrogen-bond donors (Lipinski definition) is 1. The molecule has 6 rings (SSSR count). The monoisotopic (exact) mass is 744 g/mol. The second kappa shape index (κ2) is 13.8. The number of hydrogen-bond acceptors (Lipinski definition) is 4. The highest BCUT2D eigenvalue weighted by molar-refractivity contribution is 9.10. The molecule has 0 fully saturated rings. The quantitative estimate of drug-likeness (QED) is 0.129. The van der Waals surface area contributed by atoms with Gasteiger partial charge in [-0.1, -0.05) is 65.2 Å². The van der Waals surface area contributed by atoms with Gasteiger partial charge in [-0.3, -0.25) is 4.90 Å². The number of methoxy groups -OCH3 is 1. The number of benzene rings is 5. The fraction of sp³-hybridized carbons (Fsp3) is 0.0556. The molecule has 11 heteroatoms. The normalized spacial score (nSPS) is 11.8. The summed E-state index contributed by atoms with van der Waals surface area (Å²) in [5.74, 6) is 1.11. The summed E-state index contributed by atoms with van der Waals surface area (Å²) < 4.78 is 38.5. The van der Waals surface area contributed by atoms with E-state index >= 15 is 0 Å². The van der Waals surface area contributed by atoms with Crippen LogP contribution < -0.4 is 15.0 Å². The van der Waals surface area contributed by atoms with Crippen molar-refractivity contribution in [1.82, 2.24) is 4.98 Å². The number of rotatable bonds is 7. The molecule has 7 nitrogen and oxygen atoms in total. The Labute approximate surface area is 291 Å². The van der Waals surface area contributed by atoms with Crippen LogP contribution in [0.2, 0.25) is 10.0 Å². The summed E-state index contributed by atoms with van der Waals surface area (Å²) in [7, 11) is -2.61. The van der Waals surface area contributed by atoms with Crippen molar-refractivity contribution in [2.45, 2.75) is 11.8 Å². The molecule has 0 atom stereocenters. The fourth-order valence-corrected chi connectivity index (χ4v) is 6.77. The van der Waals surface area contributed by atoms with Gasteiger partial charge in [0.1, 0.15) is 11.6 Å². The van der Waals surface area contributed by atoms with Gasteiger partial charge < -0.3 is 10.1 Å². The second-order valence-electron chi connectivity index (χ2n) is 10.5. The van der Waals surface area contributed by atoms with Crippen LogP contribution in [0.25, 0.3) is 22.0 Å². The van der Waals surface area contributed by atoms with Crippen LogP contribution in [-0.2, 0) is 10.0 Å². The lowest BCUT2D eigenvalue weighted by atomic mass is 10.1. The summed E-state index contributed by atoms with van der Waals surface area (Å²) in [5.41, 5.74) is 3.49. The maximum atomic E-state index is 13.9. The molecule has 236 valence electrons. The number of halogens is 3. The number of pyridine rings is 1. The Morgan fingerprint density at radius 2 is 1.40 bits per heavy atom. The van der Waals surface area contributed by atoms with Gasteiger partial charge in [-0.2, -0.15) is 8.42 Å². The van der Waals surface area contributed by atoms with E-state index in [1.807, 2.05) is 55.5 Å². The van der Waals surface area contributed by atoms with Gasteiger partial charge in [0.05, 0.1) is 27.9 Å². The SMILES string of the molecule is COc1ccc(-c2nc(N(/C(=N\S(=O)(=O)c3ccc(C)cc3)Nc3ccc(Cl)cc3)c3ccc(Cl)cc3)c3ccccc3c2Br)cc1. The number of nitrogens with one attached hydrogen (secondary N) is 1. The lowest BCUT2D eigenvalue weighted by Gasteiger charge is -2.28. The van der Waals surface area contributed by atoms with Gasteiger partial charge in [-0.15, -0.1) is 4.40 Å². The maximum absolute atomic E-state index is 13.9. The van der Waals surface area contributed by atoms with E-state index in [0.29, 0.717) is 38.7 Å². The number of sulfonamides is 1. The van der Waals surface area contributed by atoms with Crippen LogP contribution in [0.3, 0.4) is 0 Å². The van der Waals surface area contributed by atoms with Crippen molar-refractivity contribution in [3.05, 3.63) is 141 Å². The van der Waals surface area contributed by atoms with Gasteiger partial charge in [-0.25, -0.2) is 4.98 Å². The van der Waals surface area contributed by atoms with Crippen LogP contribution in [0.15, 0.2) is 135 Å². The molecule has 47 heavy (non-hydrogen) atoms. The number of aromatic nitrogens is 1. The molecule has 0 bridgehead atoms. The maximum Gasteiger partial charge on any atom is 0.285 e. The summed E-state index contributed by atoms with van der Waals surface area (Å²) in [6.07, 6.45) is 0. The first kappa shape index (κ1) is 32.5. The molecule has 0 unspecified atom stereocenters. The average molecular weight is 747 g/mol. The third-order valence-electron chi connectivity index (χ3n) is 7.33. The van der Waals surface area contributed by atoms with Gasteiger partial charge in [0.2, 0.25) is 5.96 Å². The Kier molecular flexibility index (Phi) is 9.52. The van der Waals surface area contributed by atoms with Crippen molar-refractivity contribution in [2.75, 3.05) is 17.3 Å². The third kappa shape index (κ3) is 7.13. The first-order valence-corrected chi connectivity index (χ1v) is 17.3. The second-order valence-corrected chi connectivity index (χ2v) is 13.8. The number of nitrogens with zero attached hydrogens (tertiary/aromatic N) is 3. The molecule has 0 saturated carbocycles. The fourth-order valence-electron chi connectivity index (χ4n) is 4.92. The van der Waals surface area contributed by atoms with Crippen molar-refractivity contribution in [2.24, 2.45) is 4.40 Å². The summed E-state index contributed by atoms with van der Waals surface area (Å²) in [5, 5.41) is 5.88. The molecule has 0 aliphatic rings. The smallest absolute Gasteiger partial charge is 0.285 e. The van der Waals surface area contributed by atoms with Crippen molar-refractivity contribution < 1.29 is 13.2 Å². The number of fused-ring (bicyclic) bond motifs is 1. The van der Waals surface area contributed by atoms with E-state index in [-0.39, 0.29) is 10.9 Å². The predicted octanol–water partition coefficient (Wildman–Crippen LogP) is 10.3. The highest BCUT2D eigenvalue weighted by atomic mass is 79.9. The highest BCUT2D eigenvalue weighted by Crippen LogP contribution is 2.41. The van der Waals surface area contributed by atoms with E-state index in [0.717, 1.165) is 26.4 Å². The summed E-state index contributed by atoms with van der Waals surface area (Å²) in [6, 6.07) is 35.7. The first-order chi connectivity index (χ1) is 22.6. The van der Waals surface area contributed by atoms with Crippen LogP contribution in [0.5, 0.6) is 5.75 Å². The van der Waals surface area contributed by atoms with Gasteiger partial charge in [-0.05, 0) is 108 Å². The molecule has 0 aliphatic heterocycles. The van der Waals surface area contributed by atoms with Crippen LogP contribution in [0.4, 0.5) is 17.2 Å². The van der Waals surface area contributed by atoms with E-state index in [9.17, 15) is 8.42 Å². The molecule has 5 aromatic carbocycles. The molecule has 1 aromatic heterocycles. The summed E-state index contributed by atoms with van der Waals surface area (Å²) >= 11 is 16.3. The zero-order valence-electron chi connectivity index (χ0n) is 25.2. The molecule has 0 spiro atoms. The number of ether oxygens (including phenoxy) is 1. The third-order valence-corrected chi connectivity index (χ3v) is 9.92. The van der Waals surface area contributed by atoms with E-state index in [2.05, 4.69) is 25.6 Å². The zero-order valence-corrected chi connectivity index (χ0v) is 29.1. The lowest BCUT2D eigenvalue weighted by molar-refractivity contribution is 0.415. The van der Waals surface area contributed by atoms with Crippen molar-refractivity contribution in [1.29, 1.82) is 0 Å². The van der Waals surface area contributed by atoms with Gasteiger partial charge in [0.15, 0.2) is 0 Å². The van der Waals surface area contributed by atoms with E-state index in [4.69, 9.17) is 32.9 Å². The van der Waals surface area contributed by atoms with E-state index in [1.165, 1.54) is 12.1 Å². The van der Waals surface area contributed by atoms with E-state index < -0.39 is 10.0 Å². The average Bonchev–Trinajstić information content (AvgIpc) is 3.08. The van der Waals surface area contributed by atoms with Crippen molar-refractivity contribution in [3.8, 4) is 17.0 Å².